The number of rotatable bonds is 3. The van der Waals surface area contributed by atoms with Crippen LogP contribution in [-0.4, -0.2) is 22.1 Å². The first-order valence-corrected chi connectivity index (χ1v) is 10.6. The maximum absolute atomic E-state index is 15.8. The van der Waals surface area contributed by atoms with Gasteiger partial charge in [0.2, 0.25) is 5.91 Å². The van der Waals surface area contributed by atoms with E-state index in [4.69, 9.17) is 0 Å². The number of fused-ring (bicyclic) bond motifs is 2. The number of pyridine rings is 1. The van der Waals surface area contributed by atoms with Crippen molar-refractivity contribution in [1.29, 1.82) is 0 Å². The maximum Gasteiger partial charge on any atom is 0.226 e. The van der Waals surface area contributed by atoms with Crippen LogP contribution in [-0.2, 0) is 4.79 Å². The summed E-state index contributed by atoms with van der Waals surface area (Å²) in [5.74, 6) is -0.279. The summed E-state index contributed by atoms with van der Waals surface area (Å²) in [5.41, 5.74) is 0.112. The number of hydrogen-bond acceptors (Lipinski definition) is 2. The van der Waals surface area contributed by atoms with E-state index in [0.29, 0.717) is 18.8 Å². The Morgan fingerprint density at radius 3 is 2.48 bits per heavy atom. The number of hydrogen-bond donors (Lipinski definition) is 1. The number of amides is 1. The Balaban J connectivity index is 1.49. The van der Waals surface area contributed by atoms with Crippen LogP contribution in [0.15, 0.2) is 30.5 Å². The van der Waals surface area contributed by atoms with Crippen LogP contribution in [0, 0.1) is 23.6 Å². The Morgan fingerprint density at radius 2 is 1.86 bits per heavy atom. The molecule has 0 spiro atoms. The SMILES string of the molecule is CC(C(=O)NC(C)(C)C)C1(F)C[C@H]2C[C@@H](c3ccnc4ccc(F)cc34)C[C@H]2C1. The minimum atomic E-state index is -1.44. The molecule has 1 amide bonds. The van der Waals surface area contributed by atoms with Gasteiger partial charge in [0.05, 0.1) is 11.4 Å². The number of alkyl halides is 1. The smallest absolute Gasteiger partial charge is 0.226 e. The molecule has 2 saturated carbocycles. The van der Waals surface area contributed by atoms with E-state index in [0.717, 1.165) is 29.3 Å². The van der Waals surface area contributed by atoms with Crippen molar-refractivity contribution in [1.82, 2.24) is 10.3 Å². The first-order valence-electron chi connectivity index (χ1n) is 10.6. The van der Waals surface area contributed by atoms with Crippen molar-refractivity contribution in [3.63, 3.8) is 0 Å². The molecule has 1 heterocycles. The van der Waals surface area contributed by atoms with Gasteiger partial charge < -0.3 is 5.32 Å². The summed E-state index contributed by atoms with van der Waals surface area (Å²) in [7, 11) is 0. The number of aromatic nitrogens is 1. The van der Waals surface area contributed by atoms with Crippen molar-refractivity contribution in [2.75, 3.05) is 0 Å². The molecule has 0 bridgehead atoms. The number of carbonyl (C=O) groups is 1. The van der Waals surface area contributed by atoms with Crippen LogP contribution in [0.1, 0.15) is 64.9 Å². The van der Waals surface area contributed by atoms with Gasteiger partial charge >= 0.3 is 0 Å². The topological polar surface area (TPSA) is 42.0 Å². The Morgan fingerprint density at radius 1 is 1.21 bits per heavy atom. The molecule has 3 nitrogen and oxygen atoms in total. The molecule has 2 aromatic rings. The van der Waals surface area contributed by atoms with E-state index in [9.17, 15) is 9.18 Å². The van der Waals surface area contributed by atoms with Gasteiger partial charge in [-0.15, -0.1) is 0 Å². The van der Waals surface area contributed by atoms with E-state index in [1.54, 1.807) is 25.3 Å². The van der Waals surface area contributed by atoms with E-state index in [-0.39, 0.29) is 29.1 Å². The largest absolute Gasteiger partial charge is 0.351 e. The highest BCUT2D eigenvalue weighted by atomic mass is 19.1. The lowest BCUT2D eigenvalue weighted by Crippen LogP contribution is -2.48. The van der Waals surface area contributed by atoms with Gasteiger partial charge in [0, 0.05) is 17.1 Å². The van der Waals surface area contributed by atoms with Crippen molar-refractivity contribution in [2.24, 2.45) is 17.8 Å². The highest BCUT2D eigenvalue weighted by Gasteiger charge is 2.54. The highest BCUT2D eigenvalue weighted by molar-refractivity contribution is 5.82. The van der Waals surface area contributed by atoms with Crippen LogP contribution in [0.2, 0.25) is 0 Å². The predicted molar refractivity (Wildman–Crippen MR) is 111 cm³/mol. The standard InChI is InChI=1S/C24H30F2N2O/c1-14(22(29)28-23(2,3)4)24(26)12-16-9-15(10-17(16)13-24)19-7-8-27-21-6-5-18(25)11-20(19)21/h5-8,11,14-17H,9-10,12-13H2,1-4H3,(H,28,29)/t14?,15-,16-,17+,24?. The molecule has 5 heteroatoms. The third kappa shape index (κ3) is 3.88. The molecular formula is C24H30F2N2O. The molecule has 1 aromatic carbocycles. The van der Waals surface area contributed by atoms with Gasteiger partial charge in [-0.3, -0.25) is 9.78 Å². The van der Waals surface area contributed by atoms with Crippen molar-refractivity contribution < 1.29 is 13.6 Å². The van der Waals surface area contributed by atoms with Gasteiger partial charge in [0.15, 0.2) is 0 Å². The third-order valence-electron chi connectivity index (χ3n) is 6.89. The fourth-order valence-electron chi connectivity index (χ4n) is 5.48. The first-order chi connectivity index (χ1) is 13.6. The van der Waals surface area contributed by atoms with Crippen molar-refractivity contribution >= 4 is 16.8 Å². The molecule has 1 aromatic heterocycles. The van der Waals surface area contributed by atoms with Crippen LogP contribution in [0.3, 0.4) is 0 Å². The van der Waals surface area contributed by atoms with Crippen LogP contribution < -0.4 is 5.32 Å². The van der Waals surface area contributed by atoms with E-state index in [1.807, 2.05) is 26.8 Å². The van der Waals surface area contributed by atoms with Crippen molar-refractivity contribution in [3.05, 3.63) is 41.8 Å². The summed E-state index contributed by atoms with van der Waals surface area (Å²) in [5, 5.41) is 3.79. The van der Waals surface area contributed by atoms with E-state index in [2.05, 4.69) is 10.3 Å². The Kier molecular flexibility index (Phi) is 4.91. The fourth-order valence-corrected chi connectivity index (χ4v) is 5.48. The van der Waals surface area contributed by atoms with Gasteiger partial charge in [0.25, 0.3) is 0 Å². The Labute approximate surface area is 171 Å². The quantitative estimate of drug-likeness (QED) is 0.735. The van der Waals surface area contributed by atoms with Crippen LogP contribution in [0.4, 0.5) is 8.78 Å². The zero-order valence-corrected chi connectivity index (χ0v) is 17.6. The summed E-state index contributed by atoms with van der Waals surface area (Å²) in [6.45, 7) is 7.47. The monoisotopic (exact) mass is 400 g/mol. The van der Waals surface area contributed by atoms with Crippen molar-refractivity contribution in [3.8, 4) is 0 Å². The molecule has 0 radical (unpaired) electrons. The molecule has 0 aliphatic heterocycles. The zero-order chi connectivity index (χ0) is 21.0. The third-order valence-corrected chi connectivity index (χ3v) is 6.89. The summed E-state index contributed by atoms with van der Waals surface area (Å²) in [6, 6.07) is 6.69. The first kappa shape index (κ1) is 20.2. The molecular weight excluding hydrogens is 370 g/mol. The number of benzene rings is 1. The lowest BCUT2D eigenvalue weighted by atomic mass is 9.83. The van der Waals surface area contributed by atoms with Crippen LogP contribution in [0.25, 0.3) is 10.9 Å². The lowest BCUT2D eigenvalue weighted by molar-refractivity contribution is -0.131. The molecule has 2 aliphatic carbocycles. The second-order valence-electron chi connectivity index (χ2n) is 10.2. The summed E-state index contributed by atoms with van der Waals surface area (Å²) < 4.78 is 29.6. The van der Waals surface area contributed by atoms with Crippen LogP contribution >= 0.6 is 0 Å². The van der Waals surface area contributed by atoms with Gasteiger partial charge in [-0.25, -0.2) is 8.78 Å². The minimum Gasteiger partial charge on any atom is -0.351 e. The molecule has 2 fully saturated rings. The van der Waals surface area contributed by atoms with E-state index < -0.39 is 11.6 Å². The average molecular weight is 401 g/mol. The number of halogens is 2. The van der Waals surface area contributed by atoms with Gasteiger partial charge in [-0.05, 0) is 94.0 Å². The molecule has 4 rings (SSSR count). The Hall–Kier alpha value is -2.04. The molecule has 0 saturated heterocycles. The summed E-state index contributed by atoms with van der Waals surface area (Å²) >= 11 is 0. The highest BCUT2D eigenvalue weighted by Crippen LogP contribution is 2.57. The number of carbonyl (C=O) groups excluding carboxylic acids is 1. The predicted octanol–water partition coefficient (Wildman–Crippen LogP) is 5.54. The van der Waals surface area contributed by atoms with Crippen LogP contribution in [0.5, 0.6) is 0 Å². The summed E-state index contributed by atoms with van der Waals surface area (Å²) in [4.78, 5) is 16.9. The minimum absolute atomic E-state index is 0.202. The second-order valence-corrected chi connectivity index (χ2v) is 10.2. The second kappa shape index (κ2) is 7.03. The maximum atomic E-state index is 15.8. The average Bonchev–Trinajstić information content (AvgIpc) is 3.14. The molecule has 29 heavy (non-hydrogen) atoms. The molecule has 2 unspecified atom stereocenters. The van der Waals surface area contributed by atoms with E-state index >= 15 is 4.39 Å². The normalized spacial score (nSPS) is 30.3. The van der Waals surface area contributed by atoms with E-state index in [1.165, 1.54) is 6.07 Å². The lowest BCUT2D eigenvalue weighted by Gasteiger charge is -2.31. The van der Waals surface area contributed by atoms with Crippen molar-refractivity contribution in [2.45, 2.75) is 70.5 Å². The molecule has 1 N–H and O–H groups in total. The number of nitrogens with zero attached hydrogens (tertiary/aromatic N) is 1. The molecule has 2 aliphatic rings. The van der Waals surface area contributed by atoms with Gasteiger partial charge in [-0.1, -0.05) is 6.92 Å². The fraction of sp³-hybridized carbons (Fsp3) is 0.583. The Bertz CT molecular complexity index is 922. The molecule has 5 atom stereocenters. The van der Waals surface area contributed by atoms with Gasteiger partial charge in [-0.2, -0.15) is 0 Å². The zero-order valence-electron chi connectivity index (χ0n) is 17.6. The molecule has 156 valence electrons. The van der Waals surface area contributed by atoms with Gasteiger partial charge in [0.1, 0.15) is 11.5 Å². The number of nitrogens with one attached hydrogen (secondary N) is 1. The summed E-state index contributed by atoms with van der Waals surface area (Å²) in [6.07, 6.45) is 4.43.